The number of nitrogens with one attached hydrogen (secondary N) is 1. The van der Waals surface area contributed by atoms with E-state index in [9.17, 15) is 0 Å². The molecule has 90 valence electrons. The van der Waals surface area contributed by atoms with Crippen LogP contribution in [0.2, 0.25) is 5.02 Å². The van der Waals surface area contributed by atoms with Gasteiger partial charge in [0.1, 0.15) is 0 Å². The molecule has 0 saturated carbocycles. The van der Waals surface area contributed by atoms with Gasteiger partial charge >= 0.3 is 0 Å². The zero-order valence-corrected chi connectivity index (χ0v) is 11.6. The highest BCUT2D eigenvalue weighted by molar-refractivity contribution is 7.98. The third-order valence-electron chi connectivity index (χ3n) is 2.63. The zero-order valence-electron chi connectivity index (χ0n) is 10.0. The molecule has 0 amide bonds. The molecule has 0 fully saturated rings. The molecule has 1 N–H and O–H groups in total. The molecule has 1 aromatic carbocycles. The maximum absolute atomic E-state index is 6.03. The lowest BCUT2D eigenvalue weighted by atomic mass is 9.96. The maximum Gasteiger partial charge on any atom is 0.0408 e. The standard InChI is InChI=1S/C13H20ClNS/c1-3-15-10-12(7-8-16-2)11-5-4-6-13(14)9-11/h4-6,9,12,15H,3,7-8,10H2,1-2H3. The van der Waals surface area contributed by atoms with E-state index in [1.807, 2.05) is 23.9 Å². The summed E-state index contributed by atoms with van der Waals surface area (Å²) in [6, 6.07) is 8.23. The highest BCUT2D eigenvalue weighted by Crippen LogP contribution is 2.23. The zero-order chi connectivity index (χ0) is 11.8. The van der Waals surface area contributed by atoms with Gasteiger partial charge < -0.3 is 5.32 Å². The van der Waals surface area contributed by atoms with Crippen LogP contribution in [0.15, 0.2) is 24.3 Å². The van der Waals surface area contributed by atoms with E-state index in [-0.39, 0.29) is 0 Å². The van der Waals surface area contributed by atoms with Crippen molar-refractivity contribution in [2.75, 3.05) is 25.1 Å². The predicted octanol–water partition coefficient (Wildman–Crippen LogP) is 3.79. The van der Waals surface area contributed by atoms with Crippen molar-refractivity contribution in [1.29, 1.82) is 0 Å². The molecule has 16 heavy (non-hydrogen) atoms. The lowest BCUT2D eigenvalue weighted by molar-refractivity contribution is 0.587. The molecule has 0 saturated heterocycles. The number of halogens is 1. The molecular formula is C13H20ClNS. The summed E-state index contributed by atoms with van der Waals surface area (Å²) in [5.74, 6) is 1.77. The van der Waals surface area contributed by atoms with E-state index in [1.54, 1.807) is 0 Å². The summed E-state index contributed by atoms with van der Waals surface area (Å²) < 4.78 is 0. The van der Waals surface area contributed by atoms with E-state index >= 15 is 0 Å². The normalized spacial score (nSPS) is 12.7. The molecule has 0 aliphatic carbocycles. The van der Waals surface area contributed by atoms with Crippen molar-refractivity contribution in [3.63, 3.8) is 0 Å². The molecule has 1 unspecified atom stereocenters. The fourth-order valence-electron chi connectivity index (χ4n) is 1.73. The summed E-state index contributed by atoms with van der Waals surface area (Å²) in [6.45, 7) is 4.21. The fraction of sp³-hybridized carbons (Fsp3) is 0.538. The van der Waals surface area contributed by atoms with Crippen molar-refractivity contribution in [3.8, 4) is 0 Å². The first-order valence-electron chi connectivity index (χ1n) is 5.73. The Bertz CT molecular complexity index is 296. The van der Waals surface area contributed by atoms with Crippen molar-refractivity contribution < 1.29 is 0 Å². The van der Waals surface area contributed by atoms with Crippen LogP contribution in [0.1, 0.15) is 24.8 Å². The Labute approximate surface area is 108 Å². The molecule has 1 rings (SSSR count). The van der Waals surface area contributed by atoms with Crippen LogP contribution >= 0.6 is 23.4 Å². The molecule has 0 aromatic heterocycles. The Morgan fingerprint density at radius 3 is 2.88 bits per heavy atom. The third kappa shape index (κ3) is 4.77. The van der Waals surface area contributed by atoms with Gasteiger partial charge in [-0.05, 0) is 48.6 Å². The van der Waals surface area contributed by atoms with Crippen LogP contribution in [-0.2, 0) is 0 Å². The summed E-state index contributed by atoms with van der Waals surface area (Å²) in [5, 5.41) is 4.26. The number of hydrogen-bond acceptors (Lipinski definition) is 2. The molecule has 1 nitrogen and oxygen atoms in total. The van der Waals surface area contributed by atoms with E-state index in [0.29, 0.717) is 5.92 Å². The number of thioether (sulfide) groups is 1. The summed E-state index contributed by atoms with van der Waals surface area (Å²) in [6.07, 6.45) is 3.36. The van der Waals surface area contributed by atoms with E-state index in [1.165, 1.54) is 17.7 Å². The number of likely N-dealkylation sites (N-methyl/N-ethyl adjacent to an activating group) is 1. The summed E-state index contributed by atoms with van der Waals surface area (Å²) in [4.78, 5) is 0. The van der Waals surface area contributed by atoms with Crippen molar-refractivity contribution in [2.45, 2.75) is 19.3 Å². The molecule has 0 aliphatic heterocycles. The maximum atomic E-state index is 6.03. The van der Waals surface area contributed by atoms with Gasteiger partial charge in [0, 0.05) is 11.6 Å². The SMILES string of the molecule is CCNCC(CCSC)c1cccc(Cl)c1. The average Bonchev–Trinajstić information content (AvgIpc) is 2.29. The number of rotatable bonds is 7. The van der Waals surface area contributed by atoms with Crippen LogP contribution < -0.4 is 5.32 Å². The van der Waals surface area contributed by atoms with Gasteiger partial charge in [-0.25, -0.2) is 0 Å². The minimum absolute atomic E-state index is 0.575. The predicted molar refractivity (Wildman–Crippen MR) is 75.7 cm³/mol. The molecule has 1 atom stereocenters. The van der Waals surface area contributed by atoms with Gasteiger partial charge in [0.15, 0.2) is 0 Å². The lowest BCUT2D eigenvalue weighted by Crippen LogP contribution is -2.21. The van der Waals surface area contributed by atoms with Gasteiger partial charge in [0.05, 0.1) is 0 Å². The number of hydrogen-bond donors (Lipinski definition) is 1. The highest BCUT2D eigenvalue weighted by atomic mass is 35.5. The van der Waals surface area contributed by atoms with E-state index in [2.05, 4.69) is 30.6 Å². The van der Waals surface area contributed by atoms with Crippen molar-refractivity contribution in [2.24, 2.45) is 0 Å². The molecule has 3 heteroatoms. The van der Waals surface area contributed by atoms with E-state index in [4.69, 9.17) is 11.6 Å². The quantitative estimate of drug-likeness (QED) is 0.798. The highest BCUT2D eigenvalue weighted by Gasteiger charge is 2.10. The Morgan fingerprint density at radius 1 is 1.44 bits per heavy atom. The third-order valence-corrected chi connectivity index (χ3v) is 3.51. The summed E-state index contributed by atoms with van der Waals surface area (Å²) in [5.41, 5.74) is 1.35. The first kappa shape index (κ1) is 13.9. The minimum atomic E-state index is 0.575. The van der Waals surface area contributed by atoms with Crippen LogP contribution in [0.4, 0.5) is 0 Å². The monoisotopic (exact) mass is 257 g/mol. The molecule has 1 aromatic rings. The second kappa shape index (κ2) is 7.99. The Morgan fingerprint density at radius 2 is 2.25 bits per heavy atom. The largest absolute Gasteiger partial charge is 0.316 e. The Kier molecular flexibility index (Phi) is 6.93. The summed E-state index contributed by atoms with van der Waals surface area (Å²) >= 11 is 7.93. The van der Waals surface area contributed by atoms with E-state index in [0.717, 1.165) is 18.1 Å². The molecule has 0 spiro atoms. The molecule has 0 bridgehead atoms. The van der Waals surface area contributed by atoms with E-state index < -0.39 is 0 Å². The van der Waals surface area contributed by atoms with Crippen LogP contribution in [0.25, 0.3) is 0 Å². The van der Waals surface area contributed by atoms with Crippen LogP contribution in [-0.4, -0.2) is 25.1 Å². The van der Waals surface area contributed by atoms with Gasteiger partial charge in [0.2, 0.25) is 0 Å². The average molecular weight is 258 g/mol. The van der Waals surface area contributed by atoms with Crippen LogP contribution in [0, 0.1) is 0 Å². The summed E-state index contributed by atoms with van der Waals surface area (Å²) in [7, 11) is 0. The smallest absolute Gasteiger partial charge is 0.0408 e. The Balaban J connectivity index is 2.66. The van der Waals surface area contributed by atoms with Gasteiger partial charge in [-0.15, -0.1) is 0 Å². The lowest BCUT2D eigenvalue weighted by Gasteiger charge is -2.17. The van der Waals surface area contributed by atoms with Gasteiger partial charge in [0.25, 0.3) is 0 Å². The van der Waals surface area contributed by atoms with Gasteiger partial charge in [-0.2, -0.15) is 11.8 Å². The fourth-order valence-corrected chi connectivity index (χ4v) is 2.44. The Hall–Kier alpha value is -0.180. The van der Waals surface area contributed by atoms with Gasteiger partial charge in [-0.3, -0.25) is 0 Å². The van der Waals surface area contributed by atoms with Crippen molar-refractivity contribution >= 4 is 23.4 Å². The van der Waals surface area contributed by atoms with Crippen molar-refractivity contribution in [1.82, 2.24) is 5.32 Å². The molecule has 0 heterocycles. The van der Waals surface area contributed by atoms with Crippen LogP contribution in [0.5, 0.6) is 0 Å². The molecular weight excluding hydrogens is 238 g/mol. The van der Waals surface area contributed by atoms with Crippen LogP contribution in [0.3, 0.4) is 0 Å². The second-order valence-corrected chi connectivity index (χ2v) is 5.26. The second-order valence-electron chi connectivity index (χ2n) is 3.84. The molecule has 0 radical (unpaired) electrons. The molecule has 0 aliphatic rings. The topological polar surface area (TPSA) is 12.0 Å². The van der Waals surface area contributed by atoms with Gasteiger partial charge in [-0.1, -0.05) is 30.7 Å². The first-order chi connectivity index (χ1) is 7.77. The first-order valence-corrected chi connectivity index (χ1v) is 7.50. The van der Waals surface area contributed by atoms with Crippen molar-refractivity contribution in [3.05, 3.63) is 34.9 Å². The minimum Gasteiger partial charge on any atom is -0.316 e. The number of benzene rings is 1.